The molecule has 0 unspecified atom stereocenters. The van der Waals surface area contributed by atoms with Crippen molar-refractivity contribution in [2.75, 3.05) is 66.5 Å². The summed E-state index contributed by atoms with van der Waals surface area (Å²) >= 11 is 3.30. The summed E-state index contributed by atoms with van der Waals surface area (Å²) < 4.78 is 0.891. The number of nitrogens with one attached hydrogen (secondary N) is 1. The summed E-state index contributed by atoms with van der Waals surface area (Å²) in [5.74, 6) is 0.0283. The first-order valence-electron chi connectivity index (χ1n) is 8.05. The van der Waals surface area contributed by atoms with E-state index in [0.29, 0.717) is 5.69 Å². The number of carbonyl (C=O) groups is 1. The van der Waals surface area contributed by atoms with Crippen molar-refractivity contribution in [2.45, 2.75) is 0 Å². The van der Waals surface area contributed by atoms with Crippen LogP contribution in [0.4, 0.5) is 0 Å². The Labute approximate surface area is 147 Å². The van der Waals surface area contributed by atoms with Crippen LogP contribution in [0.25, 0.3) is 0 Å². The lowest BCUT2D eigenvalue weighted by atomic mass is 10.2. The highest BCUT2D eigenvalue weighted by Crippen LogP contribution is 2.10. The minimum Gasteiger partial charge on any atom is -0.335 e. The van der Waals surface area contributed by atoms with Gasteiger partial charge in [-0.2, -0.15) is 0 Å². The second kappa shape index (κ2) is 9.32. The van der Waals surface area contributed by atoms with E-state index >= 15 is 0 Å². The molecular weight excluding hydrogens is 358 g/mol. The Bertz CT molecular complexity index is 482. The molecule has 2 saturated heterocycles. The van der Waals surface area contributed by atoms with E-state index in [1.54, 1.807) is 12.3 Å². The number of nitrogens with zero attached hydrogens (tertiary/aromatic N) is 4. The van der Waals surface area contributed by atoms with Crippen molar-refractivity contribution >= 4 is 21.8 Å². The van der Waals surface area contributed by atoms with Crippen LogP contribution < -0.4 is 5.32 Å². The third-order valence-corrected chi connectivity index (χ3v) is 4.55. The van der Waals surface area contributed by atoms with E-state index < -0.39 is 0 Å². The first-order valence-corrected chi connectivity index (χ1v) is 8.84. The van der Waals surface area contributed by atoms with Crippen LogP contribution in [0, 0.1) is 0 Å². The predicted octanol–water partition coefficient (Wildman–Crippen LogP) is 0.753. The van der Waals surface area contributed by atoms with Crippen molar-refractivity contribution in [3.8, 4) is 0 Å². The molecule has 0 aliphatic carbocycles. The van der Waals surface area contributed by atoms with Crippen molar-refractivity contribution in [3.63, 3.8) is 0 Å². The highest BCUT2D eigenvalue weighted by atomic mass is 79.9. The maximum absolute atomic E-state index is 12.0. The number of hydrogen-bond donors (Lipinski definition) is 1. The lowest BCUT2D eigenvalue weighted by Crippen LogP contribution is -2.47. The van der Waals surface area contributed by atoms with Gasteiger partial charge in [0.1, 0.15) is 5.69 Å². The zero-order valence-electron chi connectivity index (χ0n) is 14.0. The second-order valence-electron chi connectivity index (χ2n) is 6.01. The Morgan fingerprint density at radius 1 is 1.04 bits per heavy atom. The Balaban J connectivity index is 0.000000229. The van der Waals surface area contributed by atoms with Gasteiger partial charge in [0.05, 0.1) is 0 Å². The Morgan fingerprint density at radius 3 is 2.13 bits per heavy atom. The fourth-order valence-corrected chi connectivity index (χ4v) is 2.69. The minimum atomic E-state index is 0.0283. The number of hydrogen-bond acceptors (Lipinski definition) is 5. The molecule has 3 rings (SSSR count). The molecule has 0 atom stereocenters. The van der Waals surface area contributed by atoms with E-state index in [-0.39, 0.29) is 5.91 Å². The molecule has 2 aliphatic heterocycles. The van der Waals surface area contributed by atoms with Gasteiger partial charge in [0, 0.05) is 63.0 Å². The van der Waals surface area contributed by atoms with Gasteiger partial charge in [-0.3, -0.25) is 4.79 Å². The summed E-state index contributed by atoms with van der Waals surface area (Å²) in [5.41, 5.74) is 0.521. The largest absolute Gasteiger partial charge is 0.335 e. The maximum atomic E-state index is 12.0. The van der Waals surface area contributed by atoms with Gasteiger partial charge in [-0.05, 0) is 42.2 Å². The summed E-state index contributed by atoms with van der Waals surface area (Å²) in [5, 5.41) is 3.27. The van der Waals surface area contributed by atoms with Crippen LogP contribution in [0.1, 0.15) is 10.5 Å². The SMILES string of the molecule is CN1CCN(C(=O)c2ccc(Br)cn2)CC1.CN1CCNCC1. The van der Waals surface area contributed by atoms with Crippen LogP contribution in [-0.4, -0.2) is 92.0 Å². The van der Waals surface area contributed by atoms with Gasteiger partial charge < -0.3 is 20.0 Å². The molecule has 1 N–H and O–H groups in total. The molecule has 0 radical (unpaired) electrons. The monoisotopic (exact) mass is 383 g/mol. The van der Waals surface area contributed by atoms with Crippen molar-refractivity contribution in [3.05, 3.63) is 28.5 Å². The number of piperazine rings is 2. The van der Waals surface area contributed by atoms with E-state index in [4.69, 9.17) is 0 Å². The molecular formula is C16H26BrN5O. The smallest absolute Gasteiger partial charge is 0.272 e. The topological polar surface area (TPSA) is 51.7 Å². The van der Waals surface area contributed by atoms with Crippen molar-refractivity contribution in [1.29, 1.82) is 0 Å². The molecule has 2 aliphatic rings. The van der Waals surface area contributed by atoms with E-state index in [1.807, 2.05) is 11.0 Å². The van der Waals surface area contributed by atoms with Gasteiger partial charge in [0.15, 0.2) is 0 Å². The summed E-state index contributed by atoms with van der Waals surface area (Å²) in [6.45, 7) is 8.18. The minimum absolute atomic E-state index is 0.0283. The third kappa shape index (κ3) is 6.18. The van der Waals surface area contributed by atoms with Crippen LogP contribution in [0.3, 0.4) is 0 Å². The molecule has 7 heteroatoms. The normalized spacial score (nSPS) is 19.9. The number of pyridine rings is 1. The summed E-state index contributed by atoms with van der Waals surface area (Å²) in [6, 6.07) is 3.60. The second-order valence-corrected chi connectivity index (χ2v) is 6.93. The number of halogens is 1. The number of amides is 1. The zero-order chi connectivity index (χ0) is 16.7. The van der Waals surface area contributed by atoms with Crippen LogP contribution >= 0.6 is 15.9 Å². The van der Waals surface area contributed by atoms with Crippen LogP contribution in [0.2, 0.25) is 0 Å². The van der Waals surface area contributed by atoms with Crippen molar-refractivity contribution in [1.82, 2.24) is 25.0 Å². The van der Waals surface area contributed by atoms with Crippen LogP contribution in [0.15, 0.2) is 22.8 Å². The molecule has 0 bridgehead atoms. The van der Waals surface area contributed by atoms with E-state index in [0.717, 1.165) is 43.7 Å². The fourth-order valence-electron chi connectivity index (χ4n) is 2.45. The van der Waals surface area contributed by atoms with Gasteiger partial charge in [0.2, 0.25) is 0 Å². The average molecular weight is 384 g/mol. The molecule has 0 aromatic carbocycles. The Morgan fingerprint density at radius 2 is 1.65 bits per heavy atom. The summed E-state index contributed by atoms with van der Waals surface area (Å²) in [7, 11) is 4.22. The lowest BCUT2D eigenvalue weighted by Gasteiger charge is -2.32. The molecule has 128 valence electrons. The summed E-state index contributed by atoms with van der Waals surface area (Å²) in [4.78, 5) is 22.6. The fraction of sp³-hybridized carbons (Fsp3) is 0.625. The van der Waals surface area contributed by atoms with Crippen molar-refractivity contribution in [2.24, 2.45) is 0 Å². The predicted molar refractivity (Wildman–Crippen MR) is 95.7 cm³/mol. The third-order valence-electron chi connectivity index (χ3n) is 4.08. The van der Waals surface area contributed by atoms with Crippen LogP contribution in [-0.2, 0) is 0 Å². The number of aromatic nitrogens is 1. The number of likely N-dealkylation sites (N-methyl/N-ethyl adjacent to an activating group) is 2. The molecule has 0 saturated carbocycles. The van der Waals surface area contributed by atoms with Gasteiger partial charge in [-0.15, -0.1) is 0 Å². The first-order chi connectivity index (χ1) is 11.1. The lowest BCUT2D eigenvalue weighted by molar-refractivity contribution is 0.0658. The van der Waals surface area contributed by atoms with E-state index in [9.17, 15) is 4.79 Å². The number of rotatable bonds is 1. The average Bonchev–Trinajstić information content (AvgIpc) is 2.57. The molecule has 1 aromatic heterocycles. The first kappa shape index (κ1) is 18.3. The highest BCUT2D eigenvalue weighted by molar-refractivity contribution is 9.10. The molecule has 23 heavy (non-hydrogen) atoms. The van der Waals surface area contributed by atoms with E-state index in [2.05, 4.69) is 50.1 Å². The molecule has 0 spiro atoms. The highest BCUT2D eigenvalue weighted by Gasteiger charge is 2.20. The molecule has 1 amide bonds. The quantitative estimate of drug-likeness (QED) is 0.775. The van der Waals surface area contributed by atoms with Gasteiger partial charge in [0.25, 0.3) is 5.91 Å². The van der Waals surface area contributed by atoms with E-state index in [1.165, 1.54) is 13.1 Å². The van der Waals surface area contributed by atoms with Gasteiger partial charge >= 0.3 is 0 Å². The van der Waals surface area contributed by atoms with Gasteiger partial charge in [-0.1, -0.05) is 0 Å². The standard InChI is InChI=1S/C11H14BrN3O.C5H12N2/c1-14-4-6-15(7-5-14)11(16)10-3-2-9(12)8-13-10;1-7-4-2-6-3-5-7/h2-3,8H,4-7H2,1H3;6H,2-5H2,1H3. The molecule has 6 nitrogen and oxygen atoms in total. The zero-order valence-corrected chi connectivity index (χ0v) is 15.5. The maximum Gasteiger partial charge on any atom is 0.272 e. The Hall–Kier alpha value is -1.02. The van der Waals surface area contributed by atoms with Gasteiger partial charge in [-0.25, -0.2) is 4.98 Å². The Kier molecular flexibility index (Phi) is 7.42. The van der Waals surface area contributed by atoms with Crippen molar-refractivity contribution < 1.29 is 4.79 Å². The molecule has 1 aromatic rings. The molecule has 2 fully saturated rings. The molecule has 3 heterocycles. The van der Waals surface area contributed by atoms with Crippen LogP contribution in [0.5, 0.6) is 0 Å². The summed E-state index contributed by atoms with van der Waals surface area (Å²) in [6.07, 6.45) is 1.66. The number of carbonyl (C=O) groups excluding carboxylic acids is 1.